The number of hydrogen-bond donors (Lipinski definition) is 3. The predicted octanol–water partition coefficient (Wildman–Crippen LogP) is 3.16. The molecule has 1 aliphatic heterocycles. The summed E-state index contributed by atoms with van der Waals surface area (Å²) in [5.41, 5.74) is 7.54. The zero-order chi connectivity index (χ0) is 24.4. The molecule has 2 amide bonds. The number of amides is 2. The molecule has 0 atom stereocenters. The minimum Gasteiger partial charge on any atom is -0.360 e. The molecule has 11 heteroatoms. The minimum absolute atomic E-state index is 0.00848. The summed E-state index contributed by atoms with van der Waals surface area (Å²) in [6, 6.07) is 9.33. The Bertz CT molecular complexity index is 1380. The van der Waals surface area contributed by atoms with Crippen LogP contribution < -0.4 is 10.9 Å². The van der Waals surface area contributed by atoms with Crippen LogP contribution in [0.2, 0.25) is 0 Å². The molecule has 3 aromatic rings. The van der Waals surface area contributed by atoms with Crippen LogP contribution in [-0.4, -0.2) is 53.3 Å². The van der Waals surface area contributed by atoms with Crippen LogP contribution in [0.1, 0.15) is 15.9 Å². The summed E-state index contributed by atoms with van der Waals surface area (Å²) in [5.74, 6) is -2.06. The number of nitrogens with zero attached hydrogens (tertiary/aromatic N) is 3. The first-order chi connectivity index (χ1) is 16.3. The third kappa shape index (κ3) is 4.53. The maximum atomic E-state index is 14.1. The summed E-state index contributed by atoms with van der Waals surface area (Å²) in [5, 5.41) is 6.21. The molecule has 0 spiro atoms. The van der Waals surface area contributed by atoms with Crippen molar-refractivity contribution >= 4 is 34.1 Å². The van der Waals surface area contributed by atoms with Gasteiger partial charge in [0.05, 0.1) is 11.1 Å². The number of fused-ring (bicyclic) bond motifs is 1. The number of rotatable bonds is 5. The summed E-state index contributed by atoms with van der Waals surface area (Å²) < 4.78 is 27.5. The fourth-order valence-corrected chi connectivity index (χ4v) is 3.57. The van der Waals surface area contributed by atoms with Crippen molar-refractivity contribution in [2.45, 2.75) is 0 Å². The smallest absolute Gasteiger partial charge is 0.258 e. The van der Waals surface area contributed by atoms with E-state index >= 15 is 0 Å². The lowest BCUT2D eigenvalue weighted by atomic mass is 10.1. The van der Waals surface area contributed by atoms with Gasteiger partial charge in [-0.25, -0.2) is 14.3 Å². The van der Waals surface area contributed by atoms with E-state index in [1.54, 1.807) is 36.2 Å². The Hall–Kier alpha value is -4.41. The maximum Gasteiger partial charge on any atom is 0.258 e. The molecular weight excluding hydrogens is 446 g/mol. The Morgan fingerprint density at radius 1 is 1.15 bits per heavy atom. The molecular formula is C23H20F2N6O3. The van der Waals surface area contributed by atoms with E-state index in [4.69, 9.17) is 5.53 Å². The van der Waals surface area contributed by atoms with E-state index in [2.05, 4.69) is 15.4 Å². The summed E-state index contributed by atoms with van der Waals surface area (Å²) in [4.78, 5) is 42.3. The largest absolute Gasteiger partial charge is 0.360 e. The number of aromatic nitrogens is 1. The standard InChI is InChI=1S/C23H20F2N6O3/c1-30-6-7-31(12-21(30)32)23(34)13-2-4-15(5-3-13)27-11-20(29-26)17-10-16-18(25)8-14(24)9-19(16)28-22(17)33/h2-5,8-11,26-27H,6-7,12H2,1H3,(H,28,33)/b20-11-,29-26?. The molecule has 0 aliphatic carbocycles. The molecule has 1 aliphatic rings. The number of carbonyl (C=O) groups is 2. The Balaban J connectivity index is 1.53. The lowest BCUT2D eigenvalue weighted by molar-refractivity contribution is -0.133. The van der Waals surface area contributed by atoms with Crippen LogP contribution in [0.3, 0.4) is 0 Å². The van der Waals surface area contributed by atoms with Gasteiger partial charge in [0, 0.05) is 49.0 Å². The molecule has 0 bridgehead atoms. The number of anilines is 1. The molecule has 9 nitrogen and oxygen atoms in total. The number of pyridine rings is 1. The molecule has 3 N–H and O–H groups in total. The van der Waals surface area contributed by atoms with Crippen LogP contribution in [0.25, 0.3) is 16.6 Å². The van der Waals surface area contributed by atoms with E-state index in [-0.39, 0.29) is 40.5 Å². The number of hydrogen-bond acceptors (Lipinski definition) is 6. The van der Waals surface area contributed by atoms with Crippen molar-refractivity contribution in [3.63, 3.8) is 0 Å². The van der Waals surface area contributed by atoms with Gasteiger partial charge in [-0.05, 0) is 36.4 Å². The first kappa shape index (κ1) is 22.8. The van der Waals surface area contributed by atoms with Gasteiger partial charge in [-0.3, -0.25) is 14.4 Å². The van der Waals surface area contributed by atoms with Gasteiger partial charge in [0.25, 0.3) is 11.5 Å². The Kier molecular flexibility index (Phi) is 6.17. The maximum absolute atomic E-state index is 14.1. The van der Waals surface area contributed by atoms with Crippen molar-refractivity contribution < 1.29 is 18.4 Å². The first-order valence-electron chi connectivity index (χ1n) is 10.3. The monoisotopic (exact) mass is 466 g/mol. The number of benzene rings is 2. The summed E-state index contributed by atoms with van der Waals surface area (Å²) in [6.45, 7) is 0.951. The highest BCUT2D eigenvalue weighted by Crippen LogP contribution is 2.22. The number of halogens is 2. The van der Waals surface area contributed by atoms with Crippen molar-refractivity contribution in [2.24, 2.45) is 5.11 Å². The number of likely N-dealkylation sites (N-methyl/N-ethyl adjacent to an activating group) is 1. The van der Waals surface area contributed by atoms with Gasteiger partial charge in [0.1, 0.15) is 23.9 Å². The van der Waals surface area contributed by atoms with Gasteiger partial charge in [-0.2, -0.15) is 5.11 Å². The number of carbonyl (C=O) groups excluding carboxylic acids is 2. The fraction of sp³-hybridized carbons (Fsp3) is 0.174. The Labute approximate surface area is 192 Å². The van der Waals surface area contributed by atoms with Crippen molar-refractivity contribution in [1.82, 2.24) is 14.8 Å². The van der Waals surface area contributed by atoms with Crippen molar-refractivity contribution in [1.29, 1.82) is 5.53 Å². The van der Waals surface area contributed by atoms with Crippen LogP contribution in [0.4, 0.5) is 14.5 Å². The van der Waals surface area contributed by atoms with E-state index in [0.29, 0.717) is 30.4 Å². The van der Waals surface area contributed by atoms with E-state index in [1.807, 2.05) is 0 Å². The molecule has 4 rings (SSSR count). The molecule has 174 valence electrons. The number of aromatic amines is 1. The number of nitrogens with one attached hydrogen (secondary N) is 3. The fourth-order valence-electron chi connectivity index (χ4n) is 3.57. The number of H-pyrrole nitrogens is 1. The summed E-state index contributed by atoms with van der Waals surface area (Å²) in [6.07, 6.45) is 1.29. The van der Waals surface area contributed by atoms with Crippen molar-refractivity contribution in [2.75, 3.05) is 32.0 Å². The lowest BCUT2D eigenvalue weighted by Gasteiger charge is -2.32. The average molecular weight is 466 g/mol. The predicted molar refractivity (Wildman–Crippen MR) is 121 cm³/mol. The molecule has 0 saturated carbocycles. The van der Waals surface area contributed by atoms with Gasteiger partial charge in [0.2, 0.25) is 5.91 Å². The number of piperazine rings is 1. The second-order valence-electron chi connectivity index (χ2n) is 7.77. The molecule has 34 heavy (non-hydrogen) atoms. The van der Waals surface area contributed by atoms with Gasteiger partial charge < -0.3 is 20.1 Å². The van der Waals surface area contributed by atoms with Crippen LogP contribution in [-0.2, 0) is 4.79 Å². The zero-order valence-electron chi connectivity index (χ0n) is 18.1. The van der Waals surface area contributed by atoms with E-state index in [0.717, 1.165) is 6.07 Å². The SMILES string of the molecule is CN1CCN(C(=O)c2ccc(N/C=C(\N=N)c3cc4c(F)cc(F)cc4[nH]c3=O)cc2)CC1=O. The molecule has 1 aromatic heterocycles. The van der Waals surface area contributed by atoms with Gasteiger partial charge in [-0.1, -0.05) is 0 Å². The van der Waals surface area contributed by atoms with Gasteiger partial charge >= 0.3 is 0 Å². The van der Waals surface area contributed by atoms with Crippen LogP contribution in [0, 0.1) is 17.2 Å². The molecule has 0 unspecified atom stereocenters. The highest BCUT2D eigenvalue weighted by Gasteiger charge is 2.25. The minimum atomic E-state index is -0.855. The average Bonchev–Trinajstić information content (AvgIpc) is 2.81. The lowest BCUT2D eigenvalue weighted by Crippen LogP contribution is -2.50. The molecule has 2 heterocycles. The van der Waals surface area contributed by atoms with Crippen molar-refractivity contribution in [3.8, 4) is 0 Å². The third-order valence-corrected chi connectivity index (χ3v) is 5.52. The third-order valence-electron chi connectivity index (χ3n) is 5.52. The summed E-state index contributed by atoms with van der Waals surface area (Å²) >= 11 is 0. The highest BCUT2D eigenvalue weighted by molar-refractivity contribution is 5.97. The summed E-state index contributed by atoms with van der Waals surface area (Å²) in [7, 11) is 1.69. The van der Waals surface area contributed by atoms with Crippen molar-refractivity contribution in [3.05, 3.63) is 81.8 Å². The highest BCUT2D eigenvalue weighted by atomic mass is 19.1. The molecule has 1 fully saturated rings. The van der Waals surface area contributed by atoms with E-state index in [1.165, 1.54) is 17.2 Å². The van der Waals surface area contributed by atoms with Gasteiger partial charge in [-0.15, -0.1) is 0 Å². The van der Waals surface area contributed by atoms with E-state index in [9.17, 15) is 23.2 Å². The van der Waals surface area contributed by atoms with E-state index < -0.39 is 17.2 Å². The molecule has 0 radical (unpaired) electrons. The normalized spacial score (nSPS) is 14.4. The molecule has 1 saturated heterocycles. The molecule has 2 aromatic carbocycles. The quantitative estimate of drug-likeness (QED) is 0.500. The Morgan fingerprint density at radius 3 is 2.56 bits per heavy atom. The van der Waals surface area contributed by atoms with Crippen LogP contribution in [0.15, 0.2) is 58.6 Å². The van der Waals surface area contributed by atoms with Gasteiger partial charge in [0.15, 0.2) is 0 Å². The zero-order valence-corrected chi connectivity index (χ0v) is 18.1. The first-order valence-corrected chi connectivity index (χ1v) is 10.3. The topological polar surface area (TPSA) is 122 Å². The Morgan fingerprint density at radius 2 is 1.88 bits per heavy atom. The second kappa shape index (κ2) is 9.22. The van der Waals surface area contributed by atoms with Crippen LogP contribution in [0.5, 0.6) is 0 Å². The second-order valence-corrected chi connectivity index (χ2v) is 7.77. The van der Waals surface area contributed by atoms with Crippen LogP contribution >= 0.6 is 0 Å².